The lowest BCUT2D eigenvalue weighted by Gasteiger charge is -2.13. The van der Waals surface area contributed by atoms with E-state index < -0.39 is 0 Å². The van der Waals surface area contributed by atoms with Crippen LogP contribution in [0.5, 0.6) is 0 Å². The van der Waals surface area contributed by atoms with Crippen molar-refractivity contribution in [2.75, 3.05) is 26.8 Å². The summed E-state index contributed by atoms with van der Waals surface area (Å²) in [6.45, 7) is 3.63. The fraction of sp³-hybridized carbons (Fsp3) is 0.583. The summed E-state index contributed by atoms with van der Waals surface area (Å²) in [7, 11) is 1.61. The summed E-state index contributed by atoms with van der Waals surface area (Å²) < 4.78 is 10.1. The van der Waals surface area contributed by atoms with Gasteiger partial charge in [0.15, 0.2) is 0 Å². The maximum absolute atomic E-state index is 11.6. The van der Waals surface area contributed by atoms with Crippen LogP contribution in [-0.4, -0.2) is 38.8 Å². The minimum atomic E-state index is -0.207. The van der Waals surface area contributed by atoms with Crippen LogP contribution in [0.4, 0.5) is 0 Å². The van der Waals surface area contributed by atoms with E-state index in [1.165, 1.54) is 0 Å². The largest absolute Gasteiger partial charge is 0.469 e. The molecule has 2 N–H and O–H groups in total. The standard InChI is InChI=1S/C12H20N2O3/c1-10(12(15)14-7-9-16-2)13-6-5-11-4-3-8-17-11/h3-4,8,10,13H,5-7,9H2,1-2H3,(H,14,15). The number of rotatable bonds is 8. The fourth-order valence-electron chi connectivity index (χ4n) is 1.39. The zero-order chi connectivity index (χ0) is 12.5. The molecule has 1 rings (SSSR count). The lowest BCUT2D eigenvalue weighted by Crippen LogP contribution is -2.43. The molecule has 1 heterocycles. The summed E-state index contributed by atoms with van der Waals surface area (Å²) >= 11 is 0. The number of nitrogens with one attached hydrogen (secondary N) is 2. The summed E-state index contributed by atoms with van der Waals surface area (Å²) in [5, 5.41) is 5.91. The van der Waals surface area contributed by atoms with Crippen LogP contribution in [0.15, 0.2) is 22.8 Å². The molecule has 0 saturated carbocycles. The molecule has 0 spiro atoms. The number of amides is 1. The van der Waals surface area contributed by atoms with Gasteiger partial charge in [0, 0.05) is 26.6 Å². The van der Waals surface area contributed by atoms with E-state index in [0.717, 1.165) is 12.2 Å². The molecule has 5 nitrogen and oxygen atoms in total. The van der Waals surface area contributed by atoms with Crippen molar-refractivity contribution < 1.29 is 13.9 Å². The van der Waals surface area contributed by atoms with Crippen molar-refractivity contribution in [3.63, 3.8) is 0 Å². The SMILES string of the molecule is COCCNC(=O)C(C)NCCc1ccco1. The van der Waals surface area contributed by atoms with E-state index in [1.54, 1.807) is 13.4 Å². The molecule has 1 amide bonds. The first-order valence-electron chi connectivity index (χ1n) is 5.76. The first-order chi connectivity index (χ1) is 8.24. The van der Waals surface area contributed by atoms with E-state index in [2.05, 4.69) is 10.6 Å². The Labute approximate surface area is 102 Å². The van der Waals surface area contributed by atoms with Crippen LogP contribution in [-0.2, 0) is 16.0 Å². The molecule has 0 aromatic carbocycles. The van der Waals surface area contributed by atoms with Crippen molar-refractivity contribution in [3.8, 4) is 0 Å². The lowest BCUT2D eigenvalue weighted by molar-refractivity contribution is -0.122. The number of furan rings is 1. The predicted octanol–water partition coefficient (Wildman–Crippen LogP) is 0.563. The number of hydrogen-bond donors (Lipinski definition) is 2. The zero-order valence-electron chi connectivity index (χ0n) is 10.4. The summed E-state index contributed by atoms with van der Waals surface area (Å²) in [5.41, 5.74) is 0. The molecule has 0 fully saturated rings. The second kappa shape index (κ2) is 7.86. The van der Waals surface area contributed by atoms with E-state index in [0.29, 0.717) is 19.7 Å². The van der Waals surface area contributed by atoms with Crippen molar-refractivity contribution in [2.24, 2.45) is 0 Å². The monoisotopic (exact) mass is 240 g/mol. The van der Waals surface area contributed by atoms with Crippen LogP contribution in [0.3, 0.4) is 0 Å². The van der Waals surface area contributed by atoms with Crippen LogP contribution >= 0.6 is 0 Å². The highest BCUT2D eigenvalue weighted by molar-refractivity contribution is 5.81. The van der Waals surface area contributed by atoms with Gasteiger partial charge in [-0.1, -0.05) is 0 Å². The smallest absolute Gasteiger partial charge is 0.236 e. The molecular formula is C12H20N2O3. The summed E-state index contributed by atoms with van der Waals surface area (Å²) in [6, 6.07) is 3.57. The molecule has 1 unspecified atom stereocenters. The number of ether oxygens (including phenoxy) is 1. The fourth-order valence-corrected chi connectivity index (χ4v) is 1.39. The minimum Gasteiger partial charge on any atom is -0.469 e. The number of carbonyl (C=O) groups is 1. The molecule has 0 aliphatic carbocycles. The van der Waals surface area contributed by atoms with Gasteiger partial charge in [0.1, 0.15) is 5.76 Å². The second-order valence-electron chi connectivity index (χ2n) is 3.79. The molecule has 1 aromatic rings. The Balaban J connectivity index is 2.11. The van der Waals surface area contributed by atoms with Crippen LogP contribution < -0.4 is 10.6 Å². The normalized spacial score (nSPS) is 12.4. The number of methoxy groups -OCH3 is 1. The molecule has 0 bridgehead atoms. The Bertz CT molecular complexity index is 312. The lowest BCUT2D eigenvalue weighted by atomic mass is 10.2. The van der Waals surface area contributed by atoms with Gasteiger partial charge in [-0.3, -0.25) is 4.79 Å². The van der Waals surface area contributed by atoms with Gasteiger partial charge in [-0.25, -0.2) is 0 Å². The van der Waals surface area contributed by atoms with Gasteiger partial charge in [0.05, 0.1) is 18.9 Å². The van der Waals surface area contributed by atoms with Crippen molar-refractivity contribution in [1.82, 2.24) is 10.6 Å². The van der Waals surface area contributed by atoms with Gasteiger partial charge in [-0.15, -0.1) is 0 Å². The molecule has 1 atom stereocenters. The predicted molar refractivity (Wildman–Crippen MR) is 64.8 cm³/mol. The van der Waals surface area contributed by atoms with E-state index >= 15 is 0 Å². The van der Waals surface area contributed by atoms with Gasteiger partial charge >= 0.3 is 0 Å². The molecule has 5 heteroatoms. The topological polar surface area (TPSA) is 63.5 Å². The molecule has 0 saturated heterocycles. The third-order valence-electron chi connectivity index (χ3n) is 2.40. The Morgan fingerprint density at radius 3 is 3.00 bits per heavy atom. The minimum absolute atomic E-state index is 0.0125. The van der Waals surface area contributed by atoms with Crippen molar-refractivity contribution in [3.05, 3.63) is 24.2 Å². The molecule has 96 valence electrons. The summed E-state index contributed by atoms with van der Waals surface area (Å²) in [4.78, 5) is 11.6. The molecule has 0 aliphatic rings. The Hall–Kier alpha value is -1.33. The zero-order valence-corrected chi connectivity index (χ0v) is 10.4. The maximum Gasteiger partial charge on any atom is 0.236 e. The average molecular weight is 240 g/mol. The van der Waals surface area contributed by atoms with Crippen LogP contribution in [0, 0.1) is 0 Å². The van der Waals surface area contributed by atoms with E-state index in [9.17, 15) is 4.79 Å². The van der Waals surface area contributed by atoms with E-state index in [-0.39, 0.29) is 11.9 Å². The maximum atomic E-state index is 11.6. The highest BCUT2D eigenvalue weighted by Crippen LogP contribution is 1.99. The third kappa shape index (κ3) is 5.51. The molecule has 17 heavy (non-hydrogen) atoms. The third-order valence-corrected chi connectivity index (χ3v) is 2.40. The molecule has 1 aromatic heterocycles. The summed E-state index contributed by atoms with van der Waals surface area (Å²) in [6.07, 6.45) is 2.43. The Kier molecular flexibility index (Phi) is 6.35. The average Bonchev–Trinajstić information content (AvgIpc) is 2.82. The summed E-state index contributed by atoms with van der Waals surface area (Å²) in [5.74, 6) is 0.908. The first kappa shape index (κ1) is 13.7. The van der Waals surface area contributed by atoms with Crippen LogP contribution in [0.25, 0.3) is 0 Å². The molecule has 0 aliphatic heterocycles. The van der Waals surface area contributed by atoms with E-state index in [4.69, 9.17) is 9.15 Å². The van der Waals surface area contributed by atoms with Crippen LogP contribution in [0.1, 0.15) is 12.7 Å². The second-order valence-corrected chi connectivity index (χ2v) is 3.79. The number of carbonyl (C=O) groups excluding carboxylic acids is 1. The first-order valence-corrected chi connectivity index (χ1v) is 5.76. The number of hydrogen-bond acceptors (Lipinski definition) is 4. The molecule has 0 radical (unpaired) electrons. The molecular weight excluding hydrogens is 220 g/mol. The Morgan fingerprint density at radius 2 is 2.35 bits per heavy atom. The Morgan fingerprint density at radius 1 is 1.53 bits per heavy atom. The van der Waals surface area contributed by atoms with Gasteiger partial charge in [-0.05, 0) is 19.1 Å². The van der Waals surface area contributed by atoms with Crippen LogP contribution in [0.2, 0.25) is 0 Å². The van der Waals surface area contributed by atoms with Gasteiger partial charge < -0.3 is 19.8 Å². The van der Waals surface area contributed by atoms with Gasteiger partial charge in [0.2, 0.25) is 5.91 Å². The van der Waals surface area contributed by atoms with Crippen molar-refractivity contribution in [1.29, 1.82) is 0 Å². The van der Waals surface area contributed by atoms with Gasteiger partial charge in [-0.2, -0.15) is 0 Å². The van der Waals surface area contributed by atoms with E-state index in [1.807, 2.05) is 19.1 Å². The highest BCUT2D eigenvalue weighted by Gasteiger charge is 2.10. The quantitative estimate of drug-likeness (QED) is 0.652. The highest BCUT2D eigenvalue weighted by atomic mass is 16.5. The van der Waals surface area contributed by atoms with Crippen molar-refractivity contribution >= 4 is 5.91 Å². The van der Waals surface area contributed by atoms with Gasteiger partial charge in [0.25, 0.3) is 0 Å². The van der Waals surface area contributed by atoms with Crippen molar-refractivity contribution in [2.45, 2.75) is 19.4 Å².